The molecule has 116 valence electrons. The maximum Gasteiger partial charge on any atom is 0.287 e. The first kappa shape index (κ1) is 15.0. The Labute approximate surface area is 135 Å². The number of amides is 1. The van der Waals surface area contributed by atoms with Gasteiger partial charge in [0.2, 0.25) is 0 Å². The van der Waals surface area contributed by atoms with Crippen molar-refractivity contribution in [2.24, 2.45) is 0 Å². The van der Waals surface area contributed by atoms with Crippen LogP contribution < -0.4 is 15.6 Å². The molecular weight excluding hydrogens is 314 g/mol. The lowest BCUT2D eigenvalue weighted by molar-refractivity contribution is 0.102. The van der Waals surface area contributed by atoms with Crippen LogP contribution in [0.25, 0.3) is 10.6 Å². The Kier molecular flexibility index (Phi) is 4.20. The Bertz CT molecular complexity index is 888. The molecule has 0 aliphatic carbocycles. The summed E-state index contributed by atoms with van der Waals surface area (Å²) < 4.78 is 5.16. The van der Waals surface area contributed by atoms with E-state index in [-0.39, 0.29) is 5.69 Å². The van der Waals surface area contributed by atoms with E-state index in [0.717, 1.165) is 4.88 Å². The molecule has 0 aliphatic heterocycles. The van der Waals surface area contributed by atoms with Crippen LogP contribution in [-0.4, -0.2) is 23.2 Å². The second-order valence-corrected chi connectivity index (χ2v) is 5.58. The molecule has 0 aliphatic rings. The van der Waals surface area contributed by atoms with E-state index in [0.29, 0.717) is 17.0 Å². The zero-order valence-corrected chi connectivity index (χ0v) is 13.0. The molecule has 0 spiro atoms. The largest absolute Gasteiger partial charge is 0.496 e. The number of carbonyl (C=O) groups excluding carboxylic acids is 1. The number of para-hydroxylation sites is 1. The van der Waals surface area contributed by atoms with E-state index in [2.05, 4.69) is 15.5 Å². The van der Waals surface area contributed by atoms with Crippen LogP contribution in [0.3, 0.4) is 0 Å². The highest BCUT2D eigenvalue weighted by atomic mass is 32.1. The smallest absolute Gasteiger partial charge is 0.287 e. The highest BCUT2D eigenvalue weighted by molar-refractivity contribution is 7.13. The van der Waals surface area contributed by atoms with Gasteiger partial charge >= 0.3 is 0 Å². The summed E-state index contributed by atoms with van der Waals surface area (Å²) in [6, 6.07) is 12.1. The Morgan fingerprint density at radius 1 is 1.26 bits per heavy atom. The van der Waals surface area contributed by atoms with Gasteiger partial charge < -0.3 is 10.1 Å². The molecule has 3 rings (SSSR count). The van der Waals surface area contributed by atoms with Gasteiger partial charge in [-0.05, 0) is 29.6 Å². The predicted octanol–water partition coefficient (Wildman–Crippen LogP) is 2.76. The number of nitrogens with one attached hydrogen (secondary N) is 2. The molecule has 0 radical (unpaired) electrons. The molecule has 7 heteroatoms. The van der Waals surface area contributed by atoms with Crippen molar-refractivity contribution in [2.75, 3.05) is 12.4 Å². The number of aromatic amines is 1. The van der Waals surface area contributed by atoms with Crippen molar-refractivity contribution in [3.05, 3.63) is 63.8 Å². The number of thiophene rings is 1. The fourth-order valence-corrected chi connectivity index (χ4v) is 2.76. The quantitative estimate of drug-likeness (QED) is 0.772. The van der Waals surface area contributed by atoms with Crippen LogP contribution in [0.2, 0.25) is 0 Å². The molecule has 2 N–H and O–H groups in total. The second-order valence-electron chi connectivity index (χ2n) is 4.63. The normalized spacial score (nSPS) is 10.3. The van der Waals surface area contributed by atoms with E-state index in [9.17, 15) is 9.59 Å². The summed E-state index contributed by atoms with van der Waals surface area (Å²) in [5.74, 6) is 0.0187. The SMILES string of the molecule is COc1ccccc1C(=O)Nc1cc(-c2cccs2)n[nH]c1=O. The monoisotopic (exact) mass is 327 g/mol. The molecule has 0 bridgehead atoms. The lowest BCUT2D eigenvalue weighted by Crippen LogP contribution is -2.21. The molecular formula is C16H13N3O3S. The molecule has 23 heavy (non-hydrogen) atoms. The Hall–Kier alpha value is -2.93. The van der Waals surface area contributed by atoms with E-state index < -0.39 is 11.5 Å². The van der Waals surface area contributed by atoms with Gasteiger partial charge in [0.1, 0.15) is 17.1 Å². The Morgan fingerprint density at radius 3 is 2.83 bits per heavy atom. The van der Waals surface area contributed by atoms with Crippen molar-refractivity contribution in [1.29, 1.82) is 0 Å². The molecule has 0 saturated carbocycles. The molecule has 0 atom stereocenters. The van der Waals surface area contributed by atoms with E-state index >= 15 is 0 Å². The molecule has 1 aromatic carbocycles. The van der Waals surface area contributed by atoms with Crippen LogP contribution in [0.15, 0.2) is 52.6 Å². The summed E-state index contributed by atoms with van der Waals surface area (Å²) in [7, 11) is 1.49. The second kappa shape index (κ2) is 6.45. The van der Waals surface area contributed by atoms with Gasteiger partial charge in [-0.25, -0.2) is 5.10 Å². The van der Waals surface area contributed by atoms with Gasteiger partial charge in [0.15, 0.2) is 0 Å². The lowest BCUT2D eigenvalue weighted by Gasteiger charge is -2.09. The minimum atomic E-state index is -0.464. The molecule has 2 heterocycles. The van der Waals surface area contributed by atoms with Crippen LogP contribution in [0, 0.1) is 0 Å². The molecule has 0 unspecified atom stereocenters. The van der Waals surface area contributed by atoms with Gasteiger partial charge in [-0.2, -0.15) is 5.10 Å². The van der Waals surface area contributed by atoms with E-state index in [1.165, 1.54) is 18.4 Å². The highest BCUT2D eigenvalue weighted by Gasteiger charge is 2.14. The fourth-order valence-electron chi connectivity index (χ4n) is 2.07. The third-order valence-electron chi connectivity index (χ3n) is 3.18. The average molecular weight is 327 g/mol. The number of hydrogen-bond acceptors (Lipinski definition) is 5. The van der Waals surface area contributed by atoms with Crippen LogP contribution in [-0.2, 0) is 0 Å². The zero-order valence-electron chi connectivity index (χ0n) is 12.2. The number of carbonyl (C=O) groups is 1. The van der Waals surface area contributed by atoms with Gasteiger partial charge in [-0.3, -0.25) is 9.59 Å². The van der Waals surface area contributed by atoms with Gasteiger partial charge in [-0.15, -0.1) is 11.3 Å². The highest BCUT2D eigenvalue weighted by Crippen LogP contribution is 2.23. The average Bonchev–Trinajstić information content (AvgIpc) is 3.11. The predicted molar refractivity (Wildman–Crippen MR) is 89.1 cm³/mol. The first-order valence-corrected chi connectivity index (χ1v) is 7.65. The topological polar surface area (TPSA) is 84.1 Å². The van der Waals surface area contributed by atoms with Crippen LogP contribution in [0.1, 0.15) is 10.4 Å². The van der Waals surface area contributed by atoms with Gasteiger partial charge in [0.05, 0.1) is 17.6 Å². The minimum Gasteiger partial charge on any atom is -0.496 e. The van der Waals surface area contributed by atoms with Crippen molar-refractivity contribution in [3.63, 3.8) is 0 Å². The standard InChI is InChI=1S/C16H13N3O3S/c1-22-13-6-3-2-5-10(13)15(20)17-12-9-11(18-19-16(12)21)14-7-4-8-23-14/h2-9H,1H3,(H,19,21)(H,17,18,20). The van der Waals surface area contributed by atoms with Crippen LogP contribution in [0.4, 0.5) is 5.69 Å². The van der Waals surface area contributed by atoms with Crippen molar-refractivity contribution in [3.8, 4) is 16.3 Å². The molecule has 3 aromatic rings. The van der Waals surface area contributed by atoms with Crippen LogP contribution in [0.5, 0.6) is 5.75 Å². The summed E-state index contributed by atoms with van der Waals surface area (Å²) in [5.41, 5.74) is 0.617. The van der Waals surface area contributed by atoms with Crippen LogP contribution >= 0.6 is 11.3 Å². The maximum absolute atomic E-state index is 12.4. The van der Waals surface area contributed by atoms with E-state index in [1.54, 1.807) is 30.3 Å². The number of rotatable bonds is 4. The number of hydrogen-bond donors (Lipinski definition) is 2. The zero-order chi connectivity index (χ0) is 16.2. The summed E-state index contributed by atoms with van der Waals surface area (Å²) >= 11 is 1.49. The first-order chi connectivity index (χ1) is 11.2. The van der Waals surface area contributed by atoms with E-state index in [1.807, 2.05) is 17.5 Å². The van der Waals surface area contributed by atoms with Gasteiger partial charge in [0, 0.05) is 0 Å². The summed E-state index contributed by atoms with van der Waals surface area (Å²) in [5, 5.41) is 10.9. The third kappa shape index (κ3) is 3.14. The first-order valence-electron chi connectivity index (χ1n) is 6.77. The van der Waals surface area contributed by atoms with Crippen molar-refractivity contribution >= 4 is 22.9 Å². The number of methoxy groups -OCH3 is 1. The number of aromatic nitrogens is 2. The number of benzene rings is 1. The maximum atomic E-state index is 12.4. The molecule has 1 amide bonds. The Balaban J connectivity index is 1.92. The van der Waals surface area contributed by atoms with E-state index in [4.69, 9.17) is 4.74 Å². The number of anilines is 1. The van der Waals surface area contributed by atoms with Gasteiger partial charge in [-0.1, -0.05) is 18.2 Å². The fraction of sp³-hybridized carbons (Fsp3) is 0.0625. The number of H-pyrrole nitrogens is 1. The number of nitrogens with zero attached hydrogens (tertiary/aromatic N) is 1. The lowest BCUT2D eigenvalue weighted by atomic mass is 10.2. The van der Waals surface area contributed by atoms with Crippen molar-refractivity contribution in [2.45, 2.75) is 0 Å². The summed E-state index contributed by atoms with van der Waals surface area (Å²) in [4.78, 5) is 25.2. The molecule has 0 fully saturated rings. The summed E-state index contributed by atoms with van der Waals surface area (Å²) in [6.07, 6.45) is 0. The summed E-state index contributed by atoms with van der Waals surface area (Å²) in [6.45, 7) is 0. The Morgan fingerprint density at radius 2 is 2.09 bits per heavy atom. The minimum absolute atomic E-state index is 0.138. The number of ether oxygens (including phenoxy) is 1. The molecule has 2 aromatic heterocycles. The van der Waals surface area contributed by atoms with Crippen molar-refractivity contribution in [1.82, 2.24) is 10.2 Å². The molecule has 0 saturated heterocycles. The third-order valence-corrected chi connectivity index (χ3v) is 4.07. The van der Waals surface area contributed by atoms with Crippen molar-refractivity contribution < 1.29 is 9.53 Å². The van der Waals surface area contributed by atoms with Gasteiger partial charge in [0.25, 0.3) is 11.5 Å². The molecule has 6 nitrogen and oxygen atoms in total.